The number of hydrogen-bond acceptors (Lipinski definition) is 4. The first kappa shape index (κ1) is 19.7. The van der Waals surface area contributed by atoms with Crippen LogP contribution in [0, 0.1) is 27.7 Å². The highest BCUT2D eigenvalue weighted by molar-refractivity contribution is 6.24. The summed E-state index contributed by atoms with van der Waals surface area (Å²) in [4.78, 5) is 18.3. The summed E-state index contributed by atoms with van der Waals surface area (Å²) in [5, 5.41) is 8.48. The molecule has 2 aliphatic rings. The number of hydrogen-bond donors (Lipinski definition) is 1. The summed E-state index contributed by atoms with van der Waals surface area (Å²) in [6.45, 7) is 8.41. The molecule has 0 bridgehead atoms. The van der Waals surface area contributed by atoms with Crippen molar-refractivity contribution < 1.29 is 4.79 Å². The van der Waals surface area contributed by atoms with Gasteiger partial charge in [0.2, 0.25) is 0 Å². The molecule has 0 saturated heterocycles. The zero-order valence-corrected chi connectivity index (χ0v) is 19.1. The Kier molecular flexibility index (Phi) is 4.18. The van der Waals surface area contributed by atoms with Crippen LogP contribution in [0.15, 0.2) is 66.4 Å². The van der Waals surface area contributed by atoms with Crippen molar-refractivity contribution in [1.29, 1.82) is 0 Å². The number of nitrogens with zero attached hydrogens (tertiary/aromatic N) is 3. The van der Waals surface area contributed by atoms with E-state index >= 15 is 0 Å². The first-order chi connectivity index (χ1) is 16.0. The van der Waals surface area contributed by atoms with Crippen molar-refractivity contribution in [2.45, 2.75) is 33.6 Å². The van der Waals surface area contributed by atoms with Crippen molar-refractivity contribution in [2.24, 2.45) is 0 Å². The van der Waals surface area contributed by atoms with Gasteiger partial charge in [-0.15, -0.1) is 0 Å². The highest BCUT2D eigenvalue weighted by Gasteiger charge is 2.43. The number of pyridine rings is 1. The molecule has 1 aliphatic heterocycles. The van der Waals surface area contributed by atoms with Crippen LogP contribution in [0.4, 0.5) is 5.82 Å². The average molecular weight is 433 g/mol. The van der Waals surface area contributed by atoms with E-state index in [0.717, 1.165) is 45.3 Å². The summed E-state index contributed by atoms with van der Waals surface area (Å²) >= 11 is 0. The third-order valence-corrected chi connectivity index (χ3v) is 6.78. The molecule has 0 fully saturated rings. The maximum atomic E-state index is 13.8. The van der Waals surface area contributed by atoms with E-state index in [1.165, 1.54) is 22.3 Å². The molecule has 2 aromatic heterocycles. The molecule has 5 nitrogen and oxygen atoms in total. The molecule has 2 aromatic carbocycles. The van der Waals surface area contributed by atoms with E-state index in [1.807, 2.05) is 54.1 Å². The Morgan fingerprint density at radius 2 is 1.58 bits per heavy atom. The number of anilines is 1. The summed E-state index contributed by atoms with van der Waals surface area (Å²) in [5.41, 5.74) is 10.1. The molecule has 0 unspecified atom stereocenters. The highest BCUT2D eigenvalue weighted by atomic mass is 16.1. The number of nitrogens with one attached hydrogen (secondary N) is 1. The van der Waals surface area contributed by atoms with Gasteiger partial charge >= 0.3 is 0 Å². The number of Topliss-reactive ketones (excluding diaryl/α,β-unsaturated/α-hetero) is 1. The predicted octanol–water partition coefficient (Wildman–Crippen LogP) is 5.67. The van der Waals surface area contributed by atoms with Crippen LogP contribution in [-0.2, 0) is 0 Å². The molecule has 1 atom stereocenters. The fraction of sp³-hybridized carbons (Fsp3) is 0.179. The van der Waals surface area contributed by atoms with Crippen LogP contribution in [0.1, 0.15) is 55.4 Å². The van der Waals surface area contributed by atoms with Gasteiger partial charge in [0.25, 0.3) is 0 Å². The highest BCUT2D eigenvalue weighted by Crippen LogP contribution is 2.51. The Bertz CT molecular complexity index is 1470. The Balaban J connectivity index is 1.68. The second-order valence-corrected chi connectivity index (χ2v) is 8.98. The Labute approximate surface area is 192 Å². The number of aryl methyl sites for hydroxylation is 4. The van der Waals surface area contributed by atoms with Crippen molar-refractivity contribution in [3.63, 3.8) is 0 Å². The average Bonchev–Trinajstić information content (AvgIpc) is 3.28. The number of carbonyl (C=O) groups excluding carboxylic acids is 1. The zero-order chi connectivity index (χ0) is 22.9. The molecule has 0 saturated carbocycles. The Hall–Kier alpha value is -3.99. The number of aromatic nitrogens is 3. The van der Waals surface area contributed by atoms with Crippen molar-refractivity contribution in [1.82, 2.24) is 14.8 Å². The minimum Gasteiger partial charge on any atom is -0.339 e. The van der Waals surface area contributed by atoms with E-state index in [1.54, 1.807) is 6.20 Å². The molecule has 6 rings (SSSR count). The summed E-state index contributed by atoms with van der Waals surface area (Å²) in [6, 6.07) is 18.1. The van der Waals surface area contributed by atoms with Gasteiger partial charge in [-0.1, -0.05) is 48.0 Å². The van der Waals surface area contributed by atoms with Gasteiger partial charge in [-0.05, 0) is 56.5 Å². The summed E-state index contributed by atoms with van der Waals surface area (Å²) < 4.78 is 1.87. The number of fused-ring (bicyclic) bond motifs is 3. The van der Waals surface area contributed by atoms with Crippen LogP contribution in [0.2, 0.25) is 0 Å². The van der Waals surface area contributed by atoms with E-state index in [0.29, 0.717) is 0 Å². The fourth-order valence-electron chi connectivity index (χ4n) is 5.56. The van der Waals surface area contributed by atoms with Crippen LogP contribution in [0.3, 0.4) is 0 Å². The molecule has 1 aliphatic carbocycles. The monoisotopic (exact) mass is 432 g/mol. The molecule has 1 N–H and O–H groups in total. The second-order valence-electron chi connectivity index (χ2n) is 8.98. The number of benzene rings is 2. The molecule has 33 heavy (non-hydrogen) atoms. The van der Waals surface area contributed by atoms with Gasteiger partial charge in [0, 0.05) is 34.4 Å². The lowest BCUT2D eigenvalue weighted by Gasteiger charge is -2.29. The fourth-order valence-corrected chi connectivity index (χ4v) is 5.56. The van der Waals surface area contributed by atoms with Gasteiger partial charge < -0.3 is 5.32 Å². The molecule has 5 heteroatoms. The molecule has 4 aromatic rings. The van der Waals surface area contributed by atoms with Crippen LogP contribution in [-0.4, -0.2) is 20.5 Å². The van der Waals surface area contributed by atoms with E-state index in [-0.39, 0.29) is 11.7 Å². The molecule has 0 radical (unpaired) electrons. The SMILES string of the molecule is Cc1cc(C)c([C@H]2C3=C(Nc4c2c(C)nn4-c2ccccn2)c2ccccc2C3=O)c(C)c1. The smallest absolute Gasteiger partial charge is 0.192 e. The van der Waals surface area contributed by atoms with E-state index in [2.05, 4.69) is 43.2 Å². The largest absolute Gasteiger partial charge is 0.339 e. The lowest BCUT2D eigenvalue weighted by molar-refractivity contribution is 0.103. The van der Waals surface area contributed by atoms with Crippen molar-refractivity contribution in [3.05, 3.63) is 111 Å². The van der Waals surface area contributed by atoms with Crippen LogP contribution in [0.25, 0.3) is 11.5 Å². The van der Waals surface area contributed by atoms with Gasteiger partial charge in [-0.25, -0.2) is 4.98 Å². The minimum atomic E-state index is -0.200. The lowest BCUT2D eigenvalue weighted by Crippen LogP contribution is -2.21. The van der Waals surface area contributed by atoms with Gasteiger partial charge in [-0.3, -0.25) is 4.79 Å². The number of ketones is 1. The van der Waals surface area contributed by atoms with E-state index in [9.17, 15) is 4.79 Å². The van der Waals surface area contributed by atoms with Crippen molar-refractivity contribution in [2.75, 3.05) is 5.32 Å². The first-order valence-corrected chi connectivity index (χ1v) is 11.2. The normalized spacial score (nSPS) is 16.4. The molecule has 162 valence electrons. The van der Waals surface area contributed by atoms with Crippen molar-refractivity contribution >= 4 is 17.3 Å². The third-order valence-electron chi connectivity index (χ3n) is 6.78. The summed E-state index contributed by atoms with van der Waals surface area (Å²) in [5.74, 6) is 1.51. The van der Waals surface area contributed by atoms with Crippen LogP contribution >= 0.6 is 0 Å². The zero-order valence-electron chi connectivity index (χ0n) is 19.1. The van der Waals surface area contributed by atoms with Gasteiger partial charge in [0.05, 0.1) is 11.4 Å². The first-order valence-electron chi connectivity index (χ1n) is 11.2. The van der Waals surface area contributed by atoms with Crippen molar-refractivity contribution in [3.8, 4) is 5.82 Å². The van der Waals surface area contributed by atoms with Gasteiger partial charge in [0.15, 0.2) is 11.6 Å². The standard InChI is InChI=1S/C28H24N4O/c1-15-13-16(2)22(17(3)14-15)24-23-18(4)31-32(21-11-7-8-12-29-21)28(23)30-26-19-9-5-6-10-20(19)27(33)25(24)26/h5-14,24,30H,1-4H3/t24-/m1/s1. The number of allylic oxidation sites excluding steroid dienone is 1. The van der Waals surface area contributed by atoms with E-state index in [4.69, 9.17) is 5.10 Å². The maximum Gasteiger partial charge on any atom is 0.192 e. The molecule has 0 spiro atoms. The molecular weight excluding hydrogens is 408 g/mol. The second kappa shape index (κ2) is 7.01. The van der Waals surface area contributed by atoms with Crippen LogP contribution in [0.5, 0.6) is 0 Å². The summed E-state index contributed by atoms with van der Waals surface area (Å²) in [7, 11) is 0. The Morgan fingerprint density at radius 1 is 0.879 bits per heavy atom. The van der Waals surface area contributed by atoms with Gasteiger partial charge in [0.1, 0.15) is 5.82 Å². The molecular formula is C28H24N4O. The molecule has 0 amide bonds. The van der Waals surface area contributed by atoms with Crippen LogP contribution < -0.4 is 5.32 Å². The minimum absolute atomic E-state index is 0.0908. The maximum absolute atomic E-state index is 13.8. The molecule has 3 heterocycles. The Morgan fingerprint density at radius 3 is 2.27 bits per heavy atom. The van der Waals surface area contributed by atoms with Gasteiger partial charge in [-0.2, -0.15) is 9.78 Å². The number of carbonyl (C=O) groups is 1. The summed E-state index contributed by atoms with van der Waals surface area (Å²) in [6.07, 6.45) is 1.77. The predicted molar refractivity (Wildman–Crippen MR) is 130 cm³/mol. The number of rotatable bonds is 2. The van der Waals surface area contributed by atoms with E-state index < -0.39 is 0 Å². The quantitative estimate of drug-likeness (QED) is 0.444. The topological polar surface area (TPSA) is 59.8 Å². The lowest BCUT2D eigenvalue weighted by atomic mass is 9.77. The third kappa shape index (κ3) is 2.75.